The highest BCUT2D eigenvalue weighted by molar-refractivity contribution is 6.12. The molecule has 3 N–H and O–H groups in total. The Labute approximate surface area is 246 Å². The summed E-state index contributed by atoms with van der Waals surface area (Å²) in [5.74, 6) is -1.99. The Kier molecular flexibility index (Phi) is 7.17. The van der Waals surface area contributed by atoms with Gasteiger partial charge in [0.2, 0.25) is 23.3 Å². The van der Waals surface area contributed by atoms with E-state index in [4.69, 9.17) is 10.5 Å². The Balaban J connectivity index is 1.24. The van der Waals surface area contributed by atoms with Crippen molar-refractivity contribution in [1.29, 1.82) is 0 Å². The van der Waals surface area contributed by atoms with E-state index in [1.807, 2.05) is 11.0 Å². The SMILES string of the molecule is CC(=O)N1CCC(c2cc3[nH]c(C(=O)c4cnn(-c5cnc(Oc6c(F)cccc6F)cc5C)c4N)cc3cc2C)CC1. The molecule has 6 rings (SSSR count). The number of benzene rings is 2. The summed E-state index contributed by atoms with van der Waals surface area (Å²) in [5, 5.41) is 5.24. The van der Waals surface area contributed by atoms with Gasteiger partial charge in [-0.3, -0.25) is 9.59 Å². The number of pyridine rings is 1. The van der Waals surface area contributed by atoms with Crippen LogP contribution >= 0.6 is 0 Å². The number of para-hydroxylation sites is 1. The second kappa shape index (κ2) is 11.0. The van der Waals surface area contributed by atoms with Crippen molar-refractivity contribution in [2.24, 2.45) is 0 Å². The average Bonchev–Trinajstić information content (AvgIpc) is 3.57. The summed E-state index contributed by atoms with van der Waals surface area (Å²) < 4.78 is 34.8. The minimum absolute atomic E-state index is 0.00980. The molecule has 220 valence electrons. The Hall–Kier alpha value is -5.06. The van der Waals surface area contributed by atoms with E-state index >= 15 is 0 Å². The van der Waals surface area contributed by atoms with Gasteiger partial charge in [-0.1, -0.05) is 6.07 Å². The molecule has 0 saturated carbocycles. The van der Waals surface area contributed by atoms with Crippen LogP contribution in [0.25, 0.3) is 16.6 Å². The third-order valence-corrected chi connectivity index (χ3v) is 8.10. The van der Waals surface area contributed by atoms with Crippen LogP contribution in [0.2, 0.25) is 0 Å². The molecule has 0 aliphatic carbocycles. The number of ether oxygens (including phenoxy) is 1. The van der Waals surface area contributed by atoms with Gasteiger partial charge in [-0.2, -0.15) is 5.10 Å². The molecular weight excluding hydrogens is 554 g/mol. The molecule has 5 aromatic rings. The number of anilines is 1. The minimum Gasteiger partial charge on any atom is -0.433 e. The second-order valence-electron chi connectivity index (χ2n) is 10.9. The molecule has 3 aromatic heterocycles. The molecule has 43 heavy (non-hydrogen) atoms. The lowest BCUT2D eigenvalue weighted by Gasteiger charge is -2.32. The van der Waals surface area contributed by atoms with Crippen LogP contribution in [-0.4, -0.2) is 49.4 Å². The zero-order chi connectivity index (χ0) is 30.4. The van der Waals surface area contributed by atoms with Crippen LogP contribution in [-0.2, 0) is 4.79 Å². The van der Waals surface area contributed by atoms with Crippen molar-refractivity contribution in [3.63, 3.8) is 0 Å². The lowest BCUT2D eigenvalue weighted by atomic mass is 9.86. The molecule has 2 aromatic carbocycles. The number of rotatable bonds is 6. The van der Waals surface area contributed by atoms with E-state index in [0.717, 1.165) is 54.5 Å². The number of ketones is 1. The Morgan fingerprint density at radius 2 is 1.74 bits per heavy atom. The van der Waals surface area contributed by atoms with Crippen LogP contribution in [0.1, 0.15) is 58.4 Å². The topological polar surface area (TPSA) is 119 Å². The highest BCUT2D eigenvalue weighted by Gasteiger charge is 2.25. The number of amides is 1. The summed E-state index contributed by atoms with van der Waals surface area (Å²) in [6, 6.07) is 10.9. The lowest BCUT2D eigenvalue weighted by molar-refractivity contribution is -0.129. The van der Waals surface area contributed by atoms with Gasteiger partial charge >= 0.3 is 0 Å². The number of H-pyrrole nitrogens is 1. The van der Waals surface area contributed by atoms with Gasteiger partial charge in [-0.05, 0) is 79.6 Å². The van der Waals surface area contributed by atoms with Gasteiger partial charge in [0.1, 0.15) is 5.82 Å². The van der Waals surface area contributed by atoms with Crippen LogP contribution in [0.15, 0.2) is 54.9 Å². The van der Waals surface area contributed by atoms with E-state index in [2.05, 4.69) is 34.1 Å². The van der Waals surface area contributed by atoms with E-state index in [0.29, 0.717) is 22.9 Å². The van der Waals surface area contributed by atoms with Crippen LogP contribution < -0.4 is 10.5 Å². The van der Waals surface area contributed by atoms with E-state index in [9.17, 15) is 18.4 Å². The molecule has 1 fully saturated rings. The molecule has 11 heteroatoms. The van der Waals surface area contributed by atoms with Crippen molar-refractivity contribution < 1.29 is 23.1 Å². The molecule has 9 nitrogen and oxygen atoms in total. The normalized spacial score (nSPS) is 13.9. The number of piperidine rings is 1. The maximum Gasteiger partial charge on any atom is 0.219 e. The zero-order valence-corrected chi connectivity index (χ0v) is 23.9. The number of hydrogen-bond acceptors (Lipinski definition) is 6. The number of carbonyl (C=O) groups excluding carboxylic acids is 2. The van der Waals surface area contributed by atoms with Crippen LogP contribution in [0, 0.1) is 25.5 Å². The summed E-state index contributed by atoms with van der Waals surface area (Å²) in [7, 11) is 0. The van der Waals surface area contributed by atoms with Crippen LogP contribution in [0.5, 0.6) is 11.6 Å². The van der Waals surface area contributed by atoms with E-state index < -0.39 is 17.4 Å². The largest absolute Gasteiger partial charge is 0.433 e. The smallest absolute Gasteiger partial charge is 0.219 e. The standard InChI is InChI=1S/C32H30F2N6O3/c1-17-11-21-13-27(38-26(21)14-22(17)20-7-9-39(10-8-20)19(3)41)30(42)23-15-37-40(32(23)35)28-16-36-29(12-18(28)2)43-31-24(33)5-4-6-25(31)34/h4-6,11-16,20,38H,7-10,35H2,1-3H3. The van der Waals surface area contributed by atoms with Crippen molar-refractivity contribution in [1.82, 2.24) is 24.6 Å². The number of likely N-dealkylation sites (tertiary alicyclic amines) is 1. The Bertz CT molecular complexity index is 1870. The summed E-state index contributed by atoms with van der Waals surface area (Å²) in [6.07, 6.45) is 4.61. The van der Waals surface area contributed by atoms with E-state index in [-0.39, 0.29) is 29.0 Å². The number of nitrogens with zero attached hydrogens (tertiary/aromatic N) is 4. The summed E-state index contributed by atoms with van der Waals surface area (Å²) in [4.78, 5) is 34.6. The number of halogens is 2. The number of nitrogens with one attached hydrogen (secondary N) is 1. The number of carbonyl (C=O) groups is 2. The van der Waals surface area contributed by atoms with Gasteiger partial charge in [0.25, 0.3) is 0 Å². The zero-order valence-electron chi connectivity index (χ0n) is 23.9. The first-order valence-corrected chi connectivity index (χ1v) is 14.0. The van der Waals surface area contributed by atoms with Crippen molar-refractivity contribution >= 4 is 28.4 Å². The predicted octanol–water partition coefficient (Wildman–Crippen LogP) is 5.98. The van der Waals surface area contributed by atoms with E-state index in [1.54, 1.807) is 13.8 Å². The number of aromatic nitrogens is 4. The van der Waals surface area contributed by atoms with Crippen molar-refractivity contribution in [2.75, 3.05) is 18.8 Å². The maximum absolute atomic E-state index is 14.0. The summed E-state index contributed by atoms with van der Waals surface area (Å²) >= 11 is 0. The molecule has 0 atom stereocenters. The van der Waals surface area contributed by atoms with Crippen molar-refractivity contribution in [3.05, 3.63) is 94.4 Å². The molecule has 1 amide bonds. The summed E-state index contributed by atoms with van der Waals surface area (Å²) in [6.45, 7) is 6.90. The van der Waals surface area contributed by atoms with Gasteiger partial charge in [0.15, 0.2) is 11.6 Å². The number of nitrogen functional groups attached to an aromatic ring is 1. The molecule has 0 spiro atoms. The molecule has 1 saturated heterocycles. The highest BCUT2D eigenvalue weighted by Crippen LogP contribution is 2.34. The molecule has 0 bridgehead atoms. The third-order valence-electron chi connectivity index (χ3n) is 8.10. The fourth-order valence-corrected chi connectivity index (χ4v) is 5.73. The first kappa shape index (κ1) is 28.1. The van der Waals surface area contributed by atoms with Crippen LogP contribution in [0.4, 0.5) is 14.6 Å². The molecule has 0 unspecified atom stereocenters. The van der Waals surface area contributed by atoms with Gasteiger partial charge in [0, 0.05) is 37.0 Å². The maximum atomic E-state index is 14.0. The number of hydrogen-bond donors (Lipinski definition) is 2. The number of fused-ring (bicyclic) bond motifs is 1. The number of aryl methyl sites for hydroxylation is 2. The quantitative estimate of drug-likeness (QED) is 0.237. The van der Waals surface area contributed by atoms with Crippen molar-refractivity contribution in [3.8, 4) is 17.3 Å². The number of aromatic amines is 1. The molecule has 4 heterocycles. The van der Waals surface area contributed by atoms with Crippen LogP contribution in [0.3, 0.4) is 0 Å². The van der Waals surface area contributed by atoms with Gasteiger partial charge in [-0.15, -0.1) is 0 Å². The average molecular weight is 585 g/mol. The Morgan fingerprint density at radius 3 is 2.42 bits per heavy atom. The minimum atomic E-state index is -0.846. The number of nitrogens with two attached hydrogens (primary N) is 1. The van der Waals surface area contributed by atoms with Gasteiger partial charge < -0.3 is 20.4 Å². The Morgan fingerprint density at radius 1 is 1.02 bits per heavy atom. The fraction of sp³-hybridized carbons (Fsp3) is 0.250. The molecular formula is C32H30F2N6O3. The first-order valence-electron chi connectivity index (χ1n) is 14.0. The predicted molar refractivity (Wildman–Crippen MR) is 158 cm³/mol. The van der Waals surface area contributed by atoms with Gasteiger partial charge in [-0.25, -0.2) is 18.4 Å². The fourth-order valence-electron chi connectivity index (χ4n) is 5.73. The second-order valence-corrected chi connectivity index (χ2v) is 10.9. The molecule has 0 radical (unpaired) electrons. The first-order chi connectivity index (χ1) is 20.6. The van der Waals surface area contributed by atoms with E-state index in [1.165, 1.54) is 34.8 Å². The lowest BCUT2D eigenvalue weighted by Crippen LogP contribution is -2.36. The molecule has 1 aliphatic heterocycles. The van der Waals surface area contributed by atoms with Gasteiger partial charge in [0.05, 0.1) is 29.3 Å². The third kappa shape index (κ3) is 5.22. The monoisotopic (exact) mass is 584 g/mol. The highest BCUT2D eigenvalue weighted by atomic mass is 19.1. The molecule has 1 aliphatic rings. The summed E-state index contributed by atoms with van der Waals surface area (Å²) in [5.41, 5.74) is 11.3. The van der Waals surface area contributed by atoms with Crippen molar-refractivity contribution in [2.45, 2.75) is 39.5 Å².